The molecule has 0 bridgehead atoms. The molecule has 3 nitrogen and oxygen atoms in total. The van der Waals surface area contributed by atoms with Crippen molar-refractivity contribution in [3.63, 3.8) is 0 Å². The van der Waals surface area contributed by atoms with E-state index in [-0.39, 0.29) is 0 Å². The highest BCUT2D eigenvalue weighted by molar-refractivity contribution is 5.16. The van der Waals surface area contributed by atoms with E-state index < -0.39 is 0 Å². The largest absolute Gasteiger partial charge is 0.334 e. The third-order valence-corrected chi connectivity index (χ3v) is 2.71. The molecule has 1 aromatic rings. The van der Waals surface area contributed by atoms with E-state index in [1.807, 2.05) is 6.33 Å². The van der Waals surface area contributed by atoms with Gasteiger partial charge in [0, 0.05) is 12.2 Å². The van der Waals surface area contributed by atoms with Gasteiger partial charge in [-0.3, -0.25) is 0 Å². The molecule has 1 aliphatic rings. The van der Waals surface area contributed by atoms with Crippen molar-refractivity contribution in [2.75, 3.05) is 6.54 Å². The Hall–Kier alpha value is -0.830. The zero-order valence-corrected chi connectivity index (χ0v) is 8.00. The summed E-state index contributed by atoms with van der Waals surface area (Å²) in [4.78, 5) is 4.43. The van der Waals surface area contributed by atoms with Crippen LogP contribution in [0.3, 0.4) is 0 Å². The first-order valence-corrected chi connectivity index (χ1v) is 5.15. The van der Waals surface area contributed by atoms with E-state index >= 15 is 0 Å². The van der Waals surface area contributed by atoms with Crippen LogP contribution >= 0.6 is 0 Å². The molecule has 0 atom stereocenters. The molecule has 2 N–H and O–H groups in total. The van der Waals surface area contributed by atoms with Gasteiger partial charge in [-0.1, -0.05) is 0 Å². The number of nitrogens with zero attached hydrogens (tertiary/aromatic N) is 2. The third-order valence-electron chi connectivity index (χ3n) is 2.71. The van der Waals surface area contributed by atoms with E-state index in [0.717, 1.165) is 19.5 Å². The van der Waals surface area contributed by atoms with Crippen molar-refractivity contribution < 1.29 is 0 Å². The summed E-state index contributed by atoms with van der Waals surface area (Å²) in [6.45, 7) is 1.81. The minimum atomic E-state index is 0.771. The van der Waals surface area contributed by atoms with E-state index in [1.165, 1.54) is 37.1 Å². The summed E-state index contributed by atoms with van der Waals surface area (Å²) in [6.07, 6.45) is 8.04. The lowest BCUT2D eigenvalue weighted by molar-refractivity contribution is 0.585. The van der Waals surface area contributed by atoms with E-state index in [1.54, 1.807) is 0 Å². The van der Waals surface area contributed by atoms with Crippen LogP contribution in [0, 0.1) is 0 Å². The smallest absolute Gasteiger partial charge is 0.0951 e. The predicted molar refractivity (Wildman–Crippen MR) is 52.5 cm³/mol. The normalized spacial score (nSPS) is 15.8. The van der Waals surface area contributed by atoms with E-state index in [2.05, 4.69) is 9.55 Å². The fraction of sp³-hybridized carbons (Fsp3) is 0.700. The van der Waals surface area contributed by atoms with Crippen LogP contribution in [0.5, 0.6) is 0 Å². The third kappa shape index (κ3) is 1.75. The molecule has 2 rings (SSSR count). The zero-order chi connectivity index (χ0) is 9.10. The van der Waals surface area contributed by atoms with Crippen molar-refractivity contribution in [3.8, 4) is 0 Å². The van der Waals surface area contributed by atoms with Gasteiger partial charge in [0.15, 0.2) is 0 Å². The van der Waals surface area contributed by atoms with Gasteiger partial charge in [-0.15, -0.1) is 0 Å². The Morgan fingerprint density at radius 2 is 2.23 bits per heavy atom. The van der Waals surface area contributed by atoms with Crippen LogP contribution in [-0.2, 0) is 19.4 Å². The first kappa shape index (κ1) is 8.75. The van der Waals surface area contributed by atoms with Crippen LogP contribution in [-0.4, -0.2) is 16.1 Å². The maximum atomic E-state index is 5.49. The number of aryl methyl sites for hydroxylation is 2. The van der Waals surface area contributed by atoms with E-state index in [9.17, 15) is 0 Å². The molecule has 0 aromatic carbocycles. The Labute approximate surface area is 79.0 Å². The highest BCUT2D eigenvalue weighted by Crippen LogP contribution is 2.19. The molecule has 0 saturated carbocycles. The molecule has 0 spiro atoms. The quantitative estimate of drug-likeness (QED) is 0.755. The Kier molecular flexibility index (Phi) is 2.64. The molecule has 0 radical (unpaired) electrons. The highest BCUT2D eigenvalue weighted by Gasteiger charge is 2.14. The van der Waals surface area contributed by atoms with Gasteiger partial charge in [-0.05, 0) is 38.6 Å². The Morgan fingerprint density at radius 1 is 1.38 bits per heavy atom. The molecule has 1 aromatic heterocycles. The molecule has 0 amide bonds. The lowest BCUT2D eigenvalue weighted by Crippen LogP contribution is -2.10. The molecule has 0 unspecified atom stereocenters. The van der Waals surface area contributed by atoms with E-state index in [4.69, 9.17) is 5.73 Å². The number of imidazole rings is 1. The highest BCUT2D eigenvalue weighted by atomic mass is 15.1. The second-order valence-electron chi connectivity index (χ2n) is 3.68. The molecule has 0 fully saturated rings. The maximum Gasteiger partial charge on any atom is 0.0951 e. The summed E-state index contributed by atoms with van der Waals surface area (Å²) in [5.41, 5.74) is 8.27. The van der Waals surface area contributed by atoms with Gasteiger partial charge in [0.05, 0.1) is 12.0 Å². The van der Waals surface area contributed by atoms with Crippen LogP contribution in [0.25, 0.3) is 0 Å². The van der Waals surface area contributed by atoms with Gasteiger partial charge in [0.2, 0.25) is 0 Å². The van der Waals surface area contributed by atoms with Crippen LogP contribution in [0.2, 0.25) is 0 Å². The SMILES string of the molecule is NCCCn1cnc2c1CCCC2. The van der Waals surface area contributed by atoms with Crippen molar-refractivity contribution in [2.45, 2.75) is 38.6 Å². The minimum Gasteiger partial charge on any atom is -0.334 e. The molecule has 0 aliphatic heterocycles. The second-order valence-corrected chi connectivity index (χ2v) is 3.68. The van der Waals surface area contributed by atoms with Crippen LogP contribution in [0.15, 0.2) is 6.33 Å². The molecule has 72 valence electrons. The molecular weight excluding hydrogens is 162 g/mol. The van der Waals surface area contributed by atoms with Crippen LogP contribution in [0.1, 0.15) is 30.7 Å². The summed E-state index contributed by atoms with van der Waals surface area (Å²) in [7, 11) is 0. The first-order chi connectivity index (χ1) is 6.42. The Balaban J connectivity index is 2.12. The molecule has 13 heavy (non-hydrogen) atoms. The van der Waals surface area contributed by atoms with Gasteiger partial charge >= 0.3 is 0 Å². The molecular formula is C10H17N3. The van der Waals surface area contributed by atoms with Crippen LogP contribution in [0.4, 0.5) is 0 Å². The average Bonchev–Trinajstić information content (AvgIpc) is 2.58. The number of rotatable bonds is 3. The fourth-order valence-electron chi connectivity index (χ4n) is 1.99. The Bertz CT molecular complexity index is 278. The zero-order valence-electron chi connectivity index (χ0n) is 8.00. The summed E-state index contributed by atoms with van der Waals surface area (Å²) in [5, 5.41) is 0. The van der Waals surface area contributed by atoms with Crippen LogP contribution < -0.4 is 5.73 Å². The van der Waals surface area contributed by atoms with Gasteiger partial charge in [0.25, 0.3) is 0 Å². The molecule has 0 saturated heterocycles. The monoisotopic (exact) mass is 179 g/mol. The standard InChI is InChI=1S/C10H17N3/c11-6-3-7-13-8-12-9-4-1-2-5-10(9)13/h8H,1-7,11H2. The van der Waals surface area contributed by atoms with E-state index in [0.29, 0.717) is 0 Å². The van der Waals surface area contributed by atoms with Crippen molar-refractivity contribution >= 4 is 0 Å². The van der Waals surface area contributed by atoms with Gasteiger partial charge in [-0.25, -0.2) is 4.98 Å². The first-order valence-electron chi connectivity index (χ1n) is 5.15. The van der Waals surface area contributed by atoms with Crippen molar-refractivity contribution in [2.24, 2.45) is 5.73 Å². The number of hydrogen-bond donors (Lipinski definition) is 1. The fourth-order valence-corrected chi connectivity index (χ4v) is 1.99. The number of hydrogen-bond acceptors (Lipinski definition) is 2. The Morgan fingerprint density at radius 3 is 3.08 bits per heavy atom. The van der Waals surface area contributed by atoms with Crippen molar-refractivity contribution in [1.82, 2.24) is 9.55 Å². The van der Waals surface area contributed by atoms with Gasteiger partial charge in [0.1, 0.15) is 0 Å². The topological polar surface area (TPSA) is 43.8 Å². The van der Waals surface area contributed by atoms with Gasteiger partial charge < -0.3 is 10.3 Å². The number of fused-ring (bicyclic) bond motifs is 1. The van der Waals surface area contributed by atoms with Crippen molar-refractivity contribution in [1.29, 1.82) is 0 Å². The lowest BCUT2D eigenvalue weighted by atomic mass is 10.0. The van der Waals surface area contributed by atoms with Crippen molar-refractivity contribution in [3.05, 3.63) is 17.7 Å². The number of nitrogens with two attached hydrogens (primary N) is 1. The second kappa shape index (κ2) is 3.92. The summed E-state index contributed by atoms with van der Waals surface area (Å²) in [6, 6.07) is 0. The van der Waals surface area contributed by atoms with Gasteiger partial charge in [-0.2, -0.15) is 0 Å². The number of aromatic nitrogens is 2. The summed E-state index contributed by atoms with van der Waals surface area (Å²) in [5.74, 6) is 0. The lowest BCUT2D eigenvalue weighted by Gasteiger charge is -2.13. The molecule has 3 heteroatoms. The molecule has 1 aliphatic carbocycles. The maximum absolute atomic E-state index is 5.49. The average molecular weight is 179 g/mol. The minimum absolute atomic E-state index is 0.771. The molecule has 1 heterocycles. The summed E-state index contributed by atoms with van der Waals surface area (Å²) >= 11 is 0. The summed E-state index contributed by atoms with van der Waals surface area (Å²) < 4.78 is 2.28. The predicted octanol–water partition coefficient (Wildman–Crippen LogP) is 1.11.